The zero-order valence-electron chi connectivity index (χ0n) is 13.5. The number of rotatable bonds is 7. The van der Waals surface area contributed by atoms with Gasteiger partial charge < -0.3 is 14.6 Å². The van der Waals surface area contributed by atoms with Gasteiger partial charge in [0.05, 0.1) is 19.8 Å². The second kappa shape index (κ2) is 6.65. The zero-order valence-corrected chi connectivity index (χ0v) is 13.5. The van der Waals surface area contributed by atoms with Crippen LogP contribution in [0, 0.1) is 29.6 Å². The van der Waals surface area contributed by atoms with E-state index in [0.29, 0.717) is 19.4 Å². The Bertz CT molecular complexity index is 368. The second-order valence-electron chi connectivity index (χ2n) is 7.27. The standard InChI is InChI=1S/C16H27F3O3/c1-10-11(2)14-7-12(10)6-13(14)8-21-4-5-22-9-15(3,20)16(17,18)19/h10-14,20H,4-9H2,1-3H3. The Kier molecular flexibility index (Phi) is 5.45. The van der Waals surface area contributed by atoms with Crippen LogP contribution in [0.4, 0.5) is 13.2 Å². The predicted molar refractivity (Wildman–Crippen MR) is 76.3 cm³/mol. The summed E-state index contributed by atoms with van der Waals surface area (Å²) in [4.78, 5) is 0. The van der Waals surface area contributed by atoms with Gasteiger partial charge in [-0.2, -0.15) is 13.2 Å². The summed E-state index contributed by atoms with van der Waals surface area (Å²) in [5.74, 6) is 3.66. The fraction of sp³-hybridized carbons (Fsp3) is 1.00. The van der Waals surface area contributed by atoms with Gasteiger partial charge in [0.25, 0.3) is 0 Å². The van der Waals surface area contributed by atoms with E-state index in [9.17, 15) is 18.3 Å². The highest BCUT2D eigenvalue weighted by atomic mass is 19.4. The number of aliphatic hydroxyl groups is 1. The molecule has 6 heteroatoms. The minimum atomic E-state index is -4.68. The molecular weight excluding hydrogens is 297 g/mol. The van der Waals surface area contributed by atoms with E-state index in [4.69, 9.17) is 9.47 Å². The lowest BCUT2D eigenvalue weighted by atomic mass is 9.76. The van der Waals surface area contributed by atoms with E-state index in [1.807, 2.05) is 0 Å². The molecule has 22 heavy (non-hydrogen) atoms. The average molecular weight is 324 g/mol. The first kappa shape index (κ1) is 18.0. The molecule has 130 valence electrons. The summed E-state index contributed by atoms with van der Waals surface area (Å²) in [6.45, 7) is 5.59. The van der Waals surface area contributed by atoms with Crippen molar-refractivity contribution < 1.29 is 27.8 Å². The van der Waals surface area contributed by atoms with Crippen molar-refractivity contribution in [3.05, 3.63) is 0 Å². The molecule has 2 rings (SSSR count). The van der Waals surface area contributed by atoms with Crippen molar-refractivity contribution in [2.45, 2.75) is 45.4 Å². The molecule has 0 spiro atoms. The Hall–Kier alpha value is -0.330. The first-order valence-corrected chi connectivity index (χ1v) is 8.08. The van der Waals surface area contributed by atoms with Gasteiger partial charge in [-0.25, -0.2) is 0 Å². The topological polar surface area (TPSA) is 38.7 Å². The fourth-order valence-corrected chi connectivity index (χ4v) is 3.99. The van der Waals surface area contributed by atoms with Gasteiger partial charge in [0.2, 0.25) is 0 Å². The lowest BCUT2D eigenvalue weighted by molar-refractivity contribution is -0.268. The van der Waals surface area contributed by atoms with Gasteiger partial charge in [-0.15, -0.1) is 0 Å². The molecule has 6 atom stereocenters. The van der Waals surface area contributed by atoms with E-state index in [1.165, 1.54) is 12.8 Å². The summed E-state index contributed by atoms with van der Waals surface area (Å²) in [6, 6.07) is 0. The molecule has 1 N–H and O–H groups in total. The van der Waals surface area contributed by atoms with Gasteiger partial charge in [-0.05, 0) is 49.4 Å². The molecular formula is C16H27F3O3. The Morgan fingerprint density at radius 3 is 2.23 bits per heavy atom. The van der Waals surface area contributed by atoms with Crippen molar-refractivity contribution in [1.82, 2.24) is 0 Å². The maximum Gasteiger partial charge on any atom is 0.419 e. The maximum absolute atomic E-state index is 12.4. The van der Waals surface area contributed by atoms with Crippen LogP contribution in [0.3, 0.4) is 0 Å². The first-order valence-electron chi connectivity index (χ1n) is 8.08. The number of alkyl halides is 3. The molecule has 2 aliphatic rings. The van der Waals surface area contributed by atoms with Gasteiger partial charge in [0, 0.05) is 6.61 Å². The molecule has 2 fully saturated rings. The Labute approximate surface area is 130 Å². The molecule has 0 heterocycles. The van der Waals surface area contributed by atoms with Crippen LogP contribution in [0.5, 0.6) is 0 Å². The van der Waals surface area contributed by atoms with Gasteiger partial charge in [0.15, 0.2) is 5.60 Å². The summed E-state index contributed by atoms with van der Waals surface area (Å²) in [7, 11) is 0. The van der Waals surface area contributed by atoms with E-state index < -0.39 is 18.4 Å². The summed E-state index contributed by atoms with van der Waals surface area (Å²) >= 11 is 0. The molecule has 0 aromatic rings. The molecule has 0 aromatic heterocycles. The largest absolute Gasteiger partial charge is 0.419 e. The minimum absolute atomic E-state index is 0.0685. The normalized spacial score (nSPS) is 37.5. The van der Waals surface area contributed by atoms with Crippen LogP contribution < -0.4 is 0 Å². The van der Waals surface area contributed by atoms with Crippen molar-refractivity contribution in [3.8, 4) is 0 Å². The third-order valence-corrected chi connectivity index (χ3v) is 5.73. The molecule has 0 aliphatic heterocycles. The second-order valence-corrected chi connectivity index (χ2v) is 7.27. The monoisotopic (exact) mass is 324 g/mol. The molecule has 0 radical (unpaired) electrons. The summed E-state index contributed by atoms with van der Waals surface area (Å²) in [5, 5.41) is 9.21. The van der Waals surface area contributed by atoms with Crippen LogP contribution in [0.2, 0.25) is 0 Å². The Balaban J connectivity index is 1.58. The molecule has 0 amide bonds. The first-order chi connectivity index (χ1) is 10.1. The van der Waals surface area contributed by atoms with Crippen molar-refractivity contribution in [2.75, 3.05) is 26.4 Å². The van der Waals surface area contributed by atoms with Crippen molar-refractivity contribution in [3.63, 3.8) is 0 Å². The lowest BCUT2D eigenvalue weighted by Gasteiger charge is -2.31. The molecule has 0 saturated heterocycles. The fourth-order valence-electron chi connectivity index (χ4n) is 3.99. The van der Waals surface area contributed by atoms with Crippen molar-refractivity contribution in [1.29, 1.82) is 0 Å². The number of halogens is 3. The van der Waals surface area contributed by atoms with Gasteiger partial charge in [0.1, 0.15) is 0 Å². The van der Waals surface area contributed by atoms with Crippen molar-refractivity contribution >= 4 is 0 Å². The lowest BCUT2D eigenvalue weighted by Crippen LogP contribution is -2.46. The highest BCUT2D eigenvalue weighted by Crippen LogP contribution is 2.54. The maximum atomic E-state index is 12.4. The van der Waals surface area contributed by atoms with Gasteiger partial charge in [-0.1, -0.05) is 13.8 Å². The van der Waals surface area contributed by atoms with E-state index in [2.05, 4.69) is 13.8 Å². The van der Waals surface area contributed by atoms with E-state index in [0.717, 1.165) is 23.7 Å². The summed E-state index contributed by atoms with van der Waals surface area (Å²) in [6.07, 6.45) is -2.18. The third kappa shape index (κ3) is 3.77. The number of hydrogen-bond donors (Lipinski definition) is 1. The molecule has 2 bridgehead atoms. The third-order valence-electron chi connectivity index (χ3n) is 5.73. The number of fused-ring (bicyclic) bond motifs is 2. The van der Waals surface area contributed by atoms with Crippen molar-refractivity contribution in [2.24, 2.45) is 29.6 Å². The van der Waals surface area contributed by atoms with Gasteiger partial charge in [-0.3, -0.25) is 0 Å². The van der Waals surface area contributed by atoms with Crippen LogP contribution in [0.15, 0.2) is 0 Å². The zero-order chi connectivity index (χ0) is 16.5. The Morgan fingerprint density at radius 1 is 1.05 bits per heavy atom. The molecule has 3 nitrogen and oxygen atoms in total. The van der Waals surface area contributed by atoms with Crippen LogP contribution in [0.25, 0.3) is 0 Å². The van der Waals surface area contributed by atoms with Crippen LogP contribution >= 0.6 is 0 Å². The van der Waals surface area contributed by atoms with Crippen LogP contribution in [-0.4, -0.2) is 43.3 Å². The van der Waals surface area contributed by atoms with E-state index >= 15 is 0 Å². The minimum Gasteiger partial charge on any atom is -0.379 e. The van der Waals surface area contributed by atoms with Gasteiger partial charge >= 0.3 is 6.18 Å². The number of hydrogen-bond acceptors (Lipinski definition) is 3. The average Bonchev–Trinajstić information content (AvgIpc) is 2.93. The van der Waals surface area contributed by atoms with Crippen LogP contribution in [-0.2, 0) is 9.47 Å². The highest BCUT2D eigenvalue weighted by Gasteiger charge is 2.50. The van der Waals surface area contributed by atoms with E-state index in [-0.39, 0.29) is 13.2 Å². The predicted octanol–water partition coefficient (Wildman–Crippen LogP) is 3.26. The molecule has 6 unspecified atom stereocenters. The van der Waals surface area contributed by atoms with Crippen LogP contribution in [0.1, 0.15) is 33.6 Å². The SMILES string of the molecule is CC1C2CC(COCCOCC(C)(O)C(F)(F)F)C(C2)C1C. The molecule has 2 saturated carbocycles. The smallest absolute Gasteiger partial charge is 0.379 e. The number of ether oxygens (including phenoxy) is 2. The molecule has 2 aliphatic carbocycles. The summed E-state index contributed by atoms with van der Waals surface area (Å²) < 4.78 is 47.7. The summed E-state index contributed by atoms with van der Waals surface area (Å²) in [5.41, 5.74) is -2.80. The molecule has 0 aromatic carbocycles. The Morgan fingerprint density at radius 2 is 1.68 bits per heavy atom. The highest BCUT2D eigenvalue weighted by molar-refractivity contribution is 4.97. The quantitative estimate of drug-likeness (QED) is 0.731. The van der Waals surface area contributed by atoms with E-state index in [1.54, 1.807) is 0 Å².